The molecule has 0 saturated heterocycles. The molecule has 0 radical (unpaired) electrons. The van der Waals surface area contributed by atoms with Crippen LogP contribution in [0.3, 0.4) is 0 Å². The Kier molecular flexibility index (Phi) is 3.11. The molecule has 1 heterocycles. The predicted octanol–water partition coefficient (Wildman–Crippen LogP) is 3.20. The number of carbonyl (C=O) groups excluding carboxylic acids is 1. The zero-order valence-corrected chi connectivity index (χ0v) is 11.1. The fourth-order valence-electron chi connectivity index (χ4n) is 3.36. The van der Waals surface area contributed by atoms with Crippen LogP contribution in [0.5, 0.6) is 0 Å². The van der Waals surface area contributed by atoms with Crippen molar-refractivity contribution >= 4 is 11.5 Å². The zero-order chi connectivity index (χ0) is 12.5. The summed E-state index contributed by atoms with van der Waals surface area (Å²) in [6.45, 7) is 3.21. The molecule has 3 rings (SSSR count). The molecular weight excluding hydrogens is 222 g/mol. The van der Waals surface area contributed by atoms with Gasteiger partial charge in [0.25, 0.3) is 0 Å². The van der Waals surface area contributed by atoms with Crippen LogP contribution in [0.2, 0.25) is 0 Å². The summed E-state index contributed by atoms with van der Waals surface area (Å²) in [4.78, 5) is 14.3. The lowest BCUT2D eigenvalue weighted by Crippen LogP contribution is -2.41. The van der Waals surface area contributed by atoms with Crippen LogP contribution in [0.4, 0.5) is 5.69 Å². The standard InChI is InChI=1S/C16H21NO/c1-12-9-10-13-5-2-3-7-15(13)17(12)11-14-6-4-8-16(14)18/h2-3,5,7,12,14H,4,6,8-11H2,1H3. The summed E-state index contributed by atoms with van der Waals surface area (Å²) in [6.07, 6.45) is 5.36. The first-order valence-corrected chi connectivity index (χ1v) is 7.13. The van der Waals surface area contributed by atoms with E-state index >= 15 is 0 Å². The molecule has 18 heavy (non-hydrogen) atoms. The first-order valence-electron chi connectivity index (χ1n) is 7.13. The molecule has 1 aromatic carbocycles. The second-order valence-electron chi connectivity index (χ2n) is 5.72. The number of ketones is 1. The zero-order valence-electron chi connectivity index (χ0n) is 11.1. The third kappa shape index (κ3) is 2.05. The van der Waals surface area contributed by atoms with E-state index in [1.54, 1.807) is 0 Å². The van der Waals surface area contributed by atoms with Gasteiger partial charge in [-0.2, -0.15) is 0 Å². The van der Waals surface area contributed by atoms with Crippen LogP contribution in [-0.2, 0) is 11.2 Å². The van der Waals surface area contributed by atoms with E-state index in [4.69, 9.17) is 0 Å². The Morgan fingerprint density at radius 3 is 2.83 bits per heavy atom. The highest BCUT2D eigenvalue weighted by Gasteiger charge is 2.30. The number of fused-ring (bicyclic) bond motifs is 1. The van der Waals surface area contributed by atoms with Gasteiger partial charge >= 0.3 is 0 Å². The second kappa shape index (κ2) is 4.75. The van der Waals surface area contributed by atoms with Gasteiger partial charge in [-0.25, -0.2) is 0 Å². The Morgan fingerprint density at radius 1 is 1.22 bits per heavy atom. The van der Waals surface area contributed by atoms with E-state index in [0.717, 1.165) is 25.8 Å². The number of Topliss-reactive ketones (excluding diaryl/α,β-unsaturated/α-hetero) is 1. The molecular formula is C16H21NO. The number of para-hydroxylation sites is 1. The molecule has 0 amide bonds. The van der Waals surface area contributed by atoms with Gasteiger partial charge in [-0.1, -0.05) is 18.2 Å². The number of nitrogens with zero attached hydrogens (tertiary/aromatic N) is 1. The lowest BCUT2D eigenvalue weighted by atomic mass is 9.94. The van der Waals surface area contributed by atoms with Crippen molar-refractivity contribution in [2.45, 2.75) is 45.1 Å². The second-order valence-corrected chi connectivity index (χ2v) is 5.72. The molecule has 2 unspecified atom stereocenters. The van der Waals surface area contributed by atoms with Crippen LogP contribution in [-0.4, -0.2) is 18.4 Å². The van der Waals surface area contributed by atoms with E-state index < -0.39 is 0 Å². The van der Waals surface area contributed by atoms with Crippen molar-refractivity contribution in [2.75, 3.05) is 11.4 Å². The number of hydrogen-bond donors (Lipinski definition) is 0. The minimum atomic E-state index is 0.276. The van der Waals surface area contributed by atoms with Crippen molar-refractivity contribution in [1.29, 1.82) is 0 Å². The van der Waals surface area contributed by atoms with Gasteiger partial charge < -0.3 is 4.90 Å². The van der Waals surface area contributed by atoms with Gasteiger partial charge in [0.1, 0.15) is 5.78 Å². The molecule has 2 nitrogen and oxygen atoms in total. The lowest BCUT2D eigenvalue weighted by molar-refractivity contribution is -0.120. The van der Waals surface area contributed by atoms with Crippen LogP contribution >= 0.6 is 0 Å². The Bertz CT molecular complexity index is 454. The van der Waals surface area contributed by atoms with E-state index in [1.807, 2.05) is 0 Å². The van der Waals surface area contributed by atoms with Gasteiger partial charge in [0.15, 0.2) is 0 Å². The molecule has 0 N–H and O–H groups in total. The number of aryl methyl sites for hydroxylation is 1. The van der Waals surface area contributed by atoms with Crippen molar-refractivity contribution in [3.63, 3.8) is 0 Å². The molecule has 1 aromatic rings. The number of benzene rings is 1. The number of anilines is 1. The van der Waals surface area contributed by atoms with Gasteiger partial charge in [0.05, 0.1) is 0 Å². The smallest absolute Gasteiger partial charge is 0.137 e. The van der Waals surface area contributed by atoms with Crippen molar-refractivity contribution in [2.24, 2.45) is 5.92 Å². The summed E-state index contributed by atoms with van der Waals surface area (Å²) in [7, 11) is 0. The Morgan fingerprint density at radius 2 is 2.06 bits per heavy atom. The van der Waals surface area contributed by atoms with Crippen molar-refractivity contribution < 1.29 is 4.79 Å². The van der Waals surface area contributed by atoms with E-state index in [1.165, 1.54) is 24.1 Å². The van der Waals surface area contributed by atoms with Gasteiger partial charge in [-0.05, 0) is 44.2 Å². The average molecular weight is 243 g/mol. The first kappa shape index (κ1) is 11.8. The Hall–Kier alpha value is -1.31. The SMILES string of the molecule is CC1CCc2ccccc2N1CC1CCCC1=O. The third-order valence-corrected chi connectivity index (χ3v) is 4.51. The first-order chi connectivity index (χ1) is 8.75. The number of rotatable bonds is 2. The van der Waals surface area contributed by atoms with E-state index in [-0.39, 0.29) is 5.92 Å². The minimum Gasteiger partial charge on any atom is -0.368 e. The fraction of sp³-hybridized carbons (Fsp3) is 0.562. The number of hydrogen-bond acceptors (Lipinski definition) is 2. The van der Waals surface area contributed by atoms with Crippen molar-refractivity contribution in [3.05, 3.63) is 29.8 Å². The number of carbonyl (C=O) groups is 1. The Balaban J connectivity index is 1.84. The third-order valence-electron chi connectivity index (χ3n) is 4.51. The van der Waals surface area contributed by atoms with Crippen LogP contribution < -0.4 is 4.90 Å². The summed E-state index contributed by atoms with van der Waals surface area (Å²) < 4.78 is 0. The summed E-state index contributed by atoms with van der Waals surface area (Å²) in [5, 5.41) is 0. The van der Waals surface area contributed by atoms with E-state index in [0.29, 0.717) is 11.8 Å². The van der Waals surface area contributed by atoms with E-state index in [2.05, 4.69) is 36.1 Å². The molecule has 96 valence electrons. The molecule has 1 aliphatic heterocycles. The van der Waals surface area contributed by atoms with Crippen LogP contribution in [0.25, 0.3) is 0 Å². The summed E-state index contributed by atoms with van der Waals surface area (Å²) >= 11 is 0. The Labute approximate surface area is 109 Å². The van der Waals surface area contributed by atoms with Crippen LogP contribution in [0.1, 0.15) is 38.2 Å². The van der Waals surface area contributed by atoms with Crippen molar-refractivity contribution in [3.8, 4) is 0 Å². The fourth-order valence-corrected chi connectivity index (χ4v) is 3.36. The highest BCUT2D eigenvalue weighted by atomic mass is 16.1. The summed E-state index contributed by atoms with van der Waals surface area (Å²) in [6, 6.07) is 9.23. The predicted molar refractivity (Wildman–Crippen MR) is 73.9 cm³/mol. The molecule has 0 aromatic heterocycles. The molecule has 1 aliphatic carbocycles. The molecule has 2 heteroatoms. The van der Waals surface area contributed by atoms with Gasteiger partial charge in [-0.3, -0.25) is 4.79 Å². The highest BCUT2D eigenvalue weighted by molar-refractivity contribution is 5.83. The topological polar surface area (TPSA) is 20.3 Å². The maximum absolute atomic E-state index is 11.8. The molecule has 0 spiro atoms. The maximum atomic E-state index is 11.8. The molecule has 2 aliphatic rings. The monoisotopic (exact) mass is 243 g/mol. The largest absolute Gasteiger partial charge is 0.368 e. The minimum absolute atomic E-state index is 0.276. The highest BCUT2D eigenvalue weighted by Crippen LogP contribution is 2.33. The molecule has 2 atom stereocenters. The van der Waals surface area contributed by atoms with Crippen LogP contribution in [0.15, 0.2) is 24.3 Å². The summed E-state index contributed by atoms with van der Waals surface area (Å²) in [5.74, 6) is 0.754. The lowest BCUT2D eigenvalue weighted by Gasteiger charge is -2.38. The van der Waals surface area contributed by atoms with Gasteiger partial charge in [-0.15, -0.1) is 0 Å². The van der Waals surface area contributed by atoms with E-state index in [9.17, 15) is 4.79 Å². The van der Waals surface area contributed by atoms with Crippen molar-refractivity contribution in [1.82, 2.24) is 0 Å². The van der Waals surface area contributed by atoms with Gasteiger partial charge in [0.2, 0.25) is 0 Å². The average Bonchev–Trinajstić information content (AvgIpc) is 2.79. The normalized spacial score (nSPS) is 27.4. The maximum Gasteiger partial charge on any atom is 0.137 e. The van der Waals surface area contributed by atoms with Crippen LogP contribution in [0, 0.1) is 5.92 Å². The summed E-state index contributed by atoms with van der Waals surface area (Å²) in [5.41, 5.74) is 2.80. The molecule has 1 fully saturated rings. The van der Waals surface area contributed by atoms with Gasteiger partial charge in [0, 0.05) is 30.6 Å². The quantitative estimate of drug-likeness (QED) is 0.795. The molecule has 0 bridgehead atoms. The molecule has 1 saturated carbocycles.